The number of anilines is 1. The Balaban J connectivity index is 1.48. The first-order chi connectivity index (χ1) is 12.1. The monoisotopic (exact) mass is 359 g/mol. The molecule has 1 aliphatic heterocycles. The Morgan fingerprint density at radius 3 is 2.76 bits per heavy atom. The van der Waals surface area contributed by atoms with E-state index in [0.29, 0.717) is 0 Å². The molecule has 2 unspecified atom stereocenters. The van der Waals surface area contributed by atoms with Crippen molar-refractivity contribution in [3.63, 3.8) is 0 Å². The second kappa shape index (κ2) is 8.06. The Hall–Kier alpha value is -2.48. The Labute approximate surface area is 151 Å². The molecule has 132 valence electrons. The van der Waals surface area contributed by atoms with Crippen LogP contribution < -0.4 is 21.5 Å². The van der Waals surface area contributed by atoms with Gasteiger partial charge in [0, 0.05) is 5.69 Å². The molecule has 1 saturated carbocycles. The van der Waals surface area contributed by atoms with Crippen molar-refractivity contribution in [3.8, 4) is 0 Å². The van der Waals surface area contributed by atoms with Crippen LogP contribution in [0.1, 0.15) is 32.1 Å². The summed E-state index contributed by atoms with van der Waals surface area (Å²) in [6, 6.07) is 9.59. The molecule has 1 heterocycles. The summed E-state index contributed by atoms with van der Waals surface area (Å²) < 4.78 is 0. The Kier molecular flexibility index (Phi) is 5.60. The third kappa shape index (κ3) is 4.76. The first kappa shape index (κ1) is 17.3. The van der Waals surface area contributed by atoms with Crippen molar-refractivity contribution in [2.45, 2.75) is 44.2 Å². The summed E-state index contributed by atoms with van der Waals surface area (Å²) in [4.78, 5) is 28.6. The molecule has 0 spiro atoms. The van der Waals surface area contributed by atoms with Gasteiger partial charge in [-0.3, -0.25) is 25.4 Å². The highest BCUT2D eigenvalue weighted by atomic mass is 32.1. The largest absolute Gasteiger partial charge is 0.346 e. The maximum Gasteiger partial charge on any atom is 0.266 e. The number of aliphatic imine (C=N–C) groups is 1. The fourth-order valence-electron chi connectivity index (χ4n) is 3.08. The first-order valence-corrected chi connectivity index (χ1v) is 8.81. The molecule has 4 N–H and O–H groups in total. The van der Waals surface area contributed by atoms with E-state index in [1.54, 1.807) is 0 Å². The molecule has 7 nitrogen and oxygen atoms in total. The van der Waals surface area contributed by atoms with E-state index < -0.39 is 0 Å². The highest BCUT2D eigenvalue weighted by Gasteiger charge is 2.32. The summed E-state index contributed by atoms with van der Waals surface area (Å²) in [7, 11) is 0. The zero-order valence-electron chi connectivity index (χ0n) is 13.7. The lowest BCUT2D eigenvalue weighted by Gasteiger charge is -2.33. The van der Waals surface area contributed by atoms with Crippen molar-refractivity contribution >= 4 is 40.5 Å². The van der Waals surface area contributed by atoms with Crippen LogP contribution in [0, 0.1) is 0 Å². The number of nitrogens with zero attached hydrogens (tertiary/aromatic N) is 1. The van der Waals surface area contributed by atoms with Gasteiger partial charge >= 0.3 is 0 Å². The molecule has 1 aromatic carbocycles. The third-order valence-electron chi connectivity index (χ3n) is 4.30. The minimum atomic E-state index is -0.361. The number of carbonyl (C=O) groups is 2. The van der Waals surface area contributed by atoms with Gasteiger partial charge in [0.25, 0.3) is 5.91 Å². The second-order valence-corrected chi connectivity index (χ2v) is 6.59. The fourth-order valence-corrected chi connectivity index (χ4v) is 3.25. The molecule has 0 bridgehead atoms. The lowest BCUT2D eigenvalue weighted by Crippen LogP contribution is -2.53. The zero-order valence-corrected chi connectivity index (χ0v) is 14.6. The minimum absolute atomic E-state index is 0.0734. The van der Waals surface area contributed by atoms with Crippen molar-refractivity contribution in [2.24, 2.45) is 4.99 Å². The highest BCUT2D eigenvalue weighted by molar-refractivity contribution is 7.80. The number of amides is 2. The number of benzene rings is 1. The van der Waals surface area contributed by atoms with E-state index in [-0.39, 0.29) is 41.1 Å². The van der Waals surface area contributed by atoms with Gasteiger partial charge in [-0.2, -0.15) is 0 Å². The maximum absolute atomic E-state index is 12.1. The Morgan fingerprint density at radius 1 is 1.20 bits per heavy atom. The quantitative estimate of drug-likeness (QED) is 0.482. The molecule has 2 atom stereocenters. The van der Waals surface area contributed by atoms with Gasteiger partial charge < -0.3 is 10.6 Å². The van der Waals surface area contributed by atoms with Crippen molar-refractivity contribution < 1.29 is 9.59 Å². The molecule has 0 radical (unpaired) electrons. The summed E-state index contributed by atoms with van der Waals surface area (Å²) in [6.45, 7) is 0. The first-order valence-electron chi connectivity index (χ1n) is 8.40. The van der Waals surface area contributed by atoms with Crippen LogP contribution in [-0.2, 0) is 9.59 Å². The molecule has 2 amide bonds. The molecule has 8 heteroatoms. The molecule has 1 aliphatic carbocycles. The van der Waals surface area contributed by atoms with E-state index in [1.165, 1.54) is 0 Å². The predicted octanol–water partition coefficient (Wildman–Crippen LogP) is 1.28. The van der Waals surface area contributed by atoms with Gasteiger partial charge in [0.1, 0.15) is 5.71 Å². The molecule has 2 aliphatic rings. The van der Waals surface area contributed by atoms with Crippen molar-refractivity contribution in [2.75, 3.05) is 5.32 Å². The average molecular weight is 359 g/mol. The van der Waals surface area contributed by atoms with Gasteiger partial charge in [0.05, 0.1) is 18.5 Å². The van der Waals surface area contributed by atoms with E-state index in [4.69, 9.17) is 12.2 Å². The zero-order chi connectivity index (χ0) is 17.6. The minimum Gasteiger partial charge on any atom is -0.346 e. The lowest BCUT2D eigenvalue weighted by molar-refractivity contribution is -0.122. The van der Waals surface area contributed by atoms with Crippen LogP contribution in [0.4, 0.5) is 5.69 Å². The number of carbonyl (C=O) groups excluding carboxylic acids is 2. The number of nitrogens with one attached hydrogen (secondary N) is 4. The van der Waals surface area contributed by atoms with Gasteiger partial charge in [-0.15, -0.1) is 0 Å². The molecule has 1 fully saturated rings. The molecular formula is C17H21N5O2S. The van der Waals surface area contributed by atoms with Crippen LogP contribution in [0.15, 0.2) is 35.3 Å². The van der Waals surface area contributed by atoms with Gasteiger partial charge in [-0.1, -0.05) is 31.0 Å². The fraction of sp³-hybridized carbons (Fsp3) is 0.412. The molecule has 0 aromatic heterocycles. The SMILES string of the molecule is O=C(CC1=NC2CCCCC2NC1=O)NNC(=S)Nc1ccccc1. The second-order valence-electron chi connectivity index (χ2n) is 6.18. The number of thiocarbonyl (C=S) groups is 1. The van der Waals surface area contributed by atoms with E-state index in [9.17, 15) is 9.59 Å². The number of para-hydroxylation sites is 1. The summed E-state index contributed by atoms with van der Waals surface area (Å²) in [6.07, 6.45) is 4.07. The van der Waals surface area contributed by atoms with Crippen molar-refractivity contribution in [1.29, 1.82) is 0 Å². The summed E-state index contributed by atoms with van der Waals surface area (Å²) in [5.74, 6) is -0.608. The van der Waals surface area contributed by atoms with Crippen LogP contribution in [-0.4, -0.2) is 34.7 Å². The lowest BCUT2D eigenvalue weighted by atomic mass is 9.89. The number of fused-ring (bicyclic) bond motifs is 1. The molecular weight excluding hydrogens is 338 g/mol. The Bertz CT molecular complexity index is 692. The molecule has 3 rings (SSSR count). The number of hydrogen-bond acceptors (Lipinski definition) is 4. The average Bonchev–Trinajstić information content (AvgIpc) is 2.61. The Morgan fingerprint density at radius 2 is 1.96 bits per heavy atom. The summed E-state index contributed by atoms with van der Waals surface area (Å²) >= 11 is 5.11. The smallest absolute Gasteiger partial charge is 0.266 e. The van der Waals surface area contributed by atoms with Gasteiger partial charge in [-0.05, 0) is 37.2 Å². The van der Waals surface area contributed by atoms with Gasteiger partial charge in [0.2, 0.25) is 5.91 Å². The van der Waals surface area contributed by atoms with Crippen molar-refractivity contribution in [1.82, 2.24) is 16.2 Å². The number of hydrogen-bond donors (Lipinski definition) is 4. The predicted molar refractivity (Wildman–Crippen MR) is 100 cm³/mol. The summed E-state index contributed by atoms with van der Waals surface area (Å²) in [5, 5.41) is 6.17. The maximum atomic E-state index is 12.1. The van der Waals surface area contributed by atoms with E-state index >= 15 is 0 Å². The highest BCUT2D eigenvalue weighted by Crippen LogP contribution is 2.24. The van der Waals surface area contributed by atoms with Gasteiger partial charge in [-0.25, -0.2) is 0 Å². The van der Waals surface area contributed by atoms with Crippen molar-refractivity contribution in [3.05, 3.63) is 30.3 Å². The molecule has 1 aromatic rings. The van der Waals surface area contributed by atoms with E-state index in [0.717, 1.165) is 31.4 Å². The van der Waals surface area contributed by atoms with Crippen LogP contribution in [0.3, 0.4) is 0 Å². The number of hydrazine groups is 1. The van der Waals surface area contributed by atoms with Crippen LogP contribution in [0.25, 0.3) is 0 Å². The van der Waals surface area contributed by atoms with Crippen LogP contribution in [0.5, 0.6) is 0 Å². The van der Waals surface area contributed by atoms with Crippen LogP contribution in [0.2, 0.25) is 0 Å². The van der Waals surface area contributed by atoms with E-state index in [1.807, 2.05) is 30.3 Å². The van der Waals surface area contributed by atoms with E-state index in [2.05, 4.69) is 26.5 Å². The van der Waals surface area contributed by atoms with Crippen LogP contribution >= 0.6 is 12.2 Å². The topological polar surface area (TPSA) is 94.6 Å². The van der Waals surface area contributed by atoms with Gasteiger partial charge in [0.15, 0.2) is 5.11 Å². The molecule has 25 heavy (non-hydrogen) atoms. The normalized spacial score (nSPS) is 22.1. The third-order valence-corrected chi connectivity index (χ3v) is 4.51. The number of rotatable bonds is 3. The summed E-state index contributed by atoms with van der Waals surface area (Å²) in [5.41, 5.74) is 6.21. The standard InChI is InChI=1S/C17H21N5O2S/c23-15(21-22-17(25)18-11-6-2-1-3-7-11)10-14-16(24)20-13-9-5-4-8-12(13)19-14/h1-3,6-7,12-13H,4-5,8-10H2,(H,20,24)(H,21,23)(H2,18,22,25). The molecule has 0 saturated heterocycles.